The van der Waals surface area contributed by atoms with Gasteiger partial charge in [0.25, 0.3) is 5.91 Å². The van der Waals surface area contributed by atoms with E-state index in [1.54, 1.807) is 29.3 Å². The maximum Gasteiger partial charge on any atom is 0.257 e. The smallest absolute Gasteiger partial charge is 0.257 e. The number of hydrogen-bond acceptors (Lipinski definition) is 4. The van der Waals surface area contributed by atoms with Gasteiger partial charge < -0.3 is 10.2 Å². The van der Waals surface area contributed by atoms with Crippen molar-refractivity contribution in [3.05, 3.63) is 30.4 Å². The molecule has 1 amide bonds. The van der Waals surface area contributed by atoms with Crippen molar-refractivity contribution in [2.75, 3.05) is 7.05 Å². The van der Waals surface area contributed by atoms with E-state index >= 15 is 0 Å². The minimum atomic E-state index is 0.0456. The molecule has 0 saturated carbocycles. The van der Waals surface area contributed by atoms with Crippen LogP contribution in [0.15, 0.2) is 24.8 Å². The first-order chi connectivity index (χ1) is 10.2. The second kappa shape index (κ2) is 4.80. The fourth-order valence-electron chi connectivity index (χ4n) is 3.70. The monoisotopic (exact) mass is 285 g/mol. The van der Waals surface area contributed by atoms with Gasteiger partial charge in [-0.25, -0.2) is 4.52 Å². The number of nitrogens with one attached hydrogen (secondary N) is 1. The standard InChI is InChI=1S/C15H19N5O/c1-19(12-6-10-2-3-11(7-12)18-10)15(21)13-8-17-20-5-4-16-9-14(13)20/h4-5,8-12,18H,2-3,6-7H2,1H3. The maximum atomic E-state index is 12.8. The van der Waals surface area contributed by atoms with Crippen LogP contribution >= 0.6 is 0 Å². The Kier molecular flexibility index (Phi) is 2.92. The van der Waals surface area contributed by atoms with E-state index in [0.717, 1.165) is 18.4 Å². The lowest BCUT2D eigenvalue weighted by Gasteiger charge is -2.35. The number of amides is 1. The van der Waals surface area contributed by atoms with Gasteiger partial charge in [0.05, 0.1) is 23.5 Å². The summed E-state index contributed by atoms with van der Waals surface area (Å²) in [5, 5.41) is 7.84. The molecule has 2 unspecified atom stereocenters. The van der Waals surface area contributed by atoms with Gasteiger partial charge in [0.1, 0.15) is 0 Å². The third-order valence-electron chi connectivity index (χ3n) is 4.87. The average molecular weight is 285 g/mol. The van der Waals surface area contributed by atoms with Crippen LogP contribution in [0.1, 0.15) is 36.0 Å². The summed E-state index contributed by atoms with van der Waals surface area (Å²) < 4.78 is 1.69. The molecule has 0 aliphatic carbocycles. The molecule has 4 rings (SSSR count). The lowest BCUT2D eigenvalue weighted by atomic mass is 9.98. The van der Waals surface area contributed by atoms with Crippen molar-refractivity contribution in [2.45, 2.75) is 43.8 Å². The predicted molar refractivity (Wildman–Crippen MR) is 78.0 cm³/mol. The van der Waals surface area contributed by atoms with Crippen LogP contribution in [0.25, 0.3) is 5.52 Å². The molecule has 4 heterocycles. The number of nitrogens with zero attached hydrogens (tertiary/aromatic N) is 4. The molecule has 6 nitrogen and oxygen atoms in total. The summed E-state index contributed by atoms with van der Waals surface area (Å²) in [5.41, 5.74) is 1.41. The molecule has 0 spiro atoms. The summed E-state index contributed by atoms with van der Waals surface area (Å²) in [5.74, 6) is 0.0456. The fraction of sp³-hybridized carbons (Fsp3) is 0.533. The van der Waals surface area contributed by atoms with Crippen LogP contribution in [-0.4, -0.2) is 50.6 Å². The first-order valence-electron chi connectivity index (χ1n) is 7.53. The number of piperidine rings is 1. The van der Waals surface area contributed by atoms with Gasteiger partial charge in [-0.05, 0) is 25.7 Å². The van der Waals surface area contributed by atoms with Gasteiger partial charge >= 0.3 is 0 Å². The van der Waals surface area contributed by atoms with Crippen LogP contribution in [0.5, 0.6) is 0 Å². The SMILES string of the molecule is CN(C(=O)c1cnn2ccncc12)C1CC2CCC(C1)N2. The molecule has 0 aromatic carbocycles. The Balaban J connectivity index is 1.59. The molecule has 2 aromatic heterocycles. The van der Waals surface area contributed by atoms with E-state index < -0.39 is 0 Å². The van der Waals surface area contributed by atoms with Crippen LogP contribution in [0.2, 0.25) is 0 Å². The van der Waals surface area contributed by atoms with Crippen LogP contribution in [-0.2, 0) is 0 Å². The van der Waals surface area contributed by atoms with Crippen LogP contribution < -0.4 is 5.32 Å². The van der Waals surface area contributed by atoms with Crippen molar-refractivity contribution < 1.29 is 4.79 Å². The van der Waals surface area contributed by atoms with E-state index in [1.807, 2.05) is 11.9 Å². The zero-order valence-electron chi connectivity index (χ0n) is 12.1. The minimum Gasteiger partial charge on any atom is -0.338 e. The lowest BCUT2D eigenvalue weighted by Crippen LogP contribution is -2.48. The zero-order valence-corrected chi connectivity index (χ0v) is 12.1. The Morgan fingerprint density at radius 3 is 2.86 bits per heavy atom. The van der Waals surface area contributed by atoms with Gasteiger partial charge in [-0.15, -0.1) is 0 Å². The van der Waals surface area contributed by atoms with E-state index in [-0.39, 0.29) is 5.91 Å². The minimum absolute atomic E-state index is 0.0456. The number of hydrogen-bond donors (Lipinski definition) is 1. The van der Waals surface area contributed by atoms with Gasteiger partial charge in [0.2, 0.25) is 0 Å². The molecule has 0 radical (unpaired) electrons. The molecule has 21 heavy (non-hydrogen) atoms. The summed E-state index contributed by atoms with van der Waals surface area (Å²) in [7, 11) is 1.91. The predicted octanol–water partition coefficient (Wildman–Crippen LogP) is 1.08. The molecule has 2 aromatic rings. The highest BCUT2D eigenvalue weighted by Crippen LogP contribution is 2.30. The molecule has 2 bridgehead atoms. The van der Waals surface area contributed by atoms with Gasteiger partial charge in [-0.3, -0.25) is 9.78 Å². The van der Waals surface area contributed by atoms with Crippen molar-refractivity contribution in [3.63, 3.8) is 0 Å². The molecule has 6 heteroatoms. The molecule has 2 fully saturated rings. The van der Waals surface area contributed by atoms with Gasteiger partial charge in [0, 0.05) is 37.6 Å². The largest absolute Gasteiger partial charge is 0.338 e. The number of carbonyl (C=O) groups is 1. The molecule has 2 aliphatic rings. The van der Waals surface area contributed by atoms with Gasteiger partial charge in [-0.1, -0.05) is 0 Å². The lowest BCUT2D eigenvalue weighted by molar-refractivity contribution is 0.0683. The van der Waals surface area contributed by atoms with E-state index in [4.69, 9.17) is 0 Å². The molecule has 2 aliphatic heterocycles. The summed E-state index contributed by atoms with van der Waals surface area (Å²) in [6.45, 7) is 0. The van der Waals surface area contributed by atoms with Crippen LogP contribution in [0.4, 0.5) is 0 Å². The highest BCUT2D eigenvalue weighted by atomic mass is 16.2. The van der Waals surface area contributed by atoms with Crippen molar-refractivity contribution >= 4 is 11.4 Å². The van der Waals surface area contributed by atoms with E-state index in [1.165, 1.54) is 12.8 Å². The summed E-state index contributed by atoms with van der Waals surface area (Å²) in [6, 6.07) is 1.48. The third-order valence-corrected chi connectivity index (χ3v) is 4.87. The molecular weight excluding hydrogens is 266 g/mol. The normalized spacial score (nSPS) is 28.0. The van der Waals surface area contributed by atoms with Gasteiger partial charge in [0.15, 0.2) is 0 Å². The first-order valence-corrected chi connectivity index (χ1v) is 7.53. The number of aromatic nitrogens is 3. The second-order valence-corrected chi connectivity index (χ2v) is 6.14. The Morgan fingerprint density at radius 1 is 1.33 bits per heavy atom. The van der Waals surface area contributed by atoms with Crippen molar-refractivity contribution in [2.24, 2.45) is 0 Å². The zero-order chi connectivity index (χ0) is 14.4. The Hall–Kier alpha value is -1.95. The summed E-state index contributed by atoms with van der Waals surface area (Å²) in [4.78, 5) is 18.8. The Labute approximate surface area is 123 Å². The second-order valence-electron chi connectivity index (χ2n) is 6.14. The van der Waals surface area contributed by atoms with Crippen LogP contribution in [0.3, 0.4) is 0 Å². The Morgan fingerprint density at radius 2 is 2.10 bits per heavy atom. The molecule has 2 saturated heterocycles. The van der Waals surface area contributed by atoms with Crippen molar-refractivity contribution in [1.29, 1.82) is 0 Å². The number of carbonyl (C=O) groups excluding carboxylic acids is 1. The molecular formula is C15H19N5O. The number of rotatable bonds is 2. The number of fused-ring (bicyclic) bond motifs is 3. The molecule has 1 N–H and O–H groups in total. The Bertz CT molecular complexity index is 670. The average Bonchev–Trinajstić information content (AvgIpc) is 3.09. The van der Waals surface area contributed by atoms with E-state index in [2.05, 4.69) is 15.4 Å². The summed E-state index contributed by atoms with van der Waals surface area (Å²) in [6.07, 6.45) is 11.4. The highest BCUT2D eigenvalue weighted by molar-refractivity contribution is 6.00. The summed E-state index contributed by atoms with van der Waals surface area (Å²) >= 11 is 0. The van der Waals surface area contributed by atoms with Gasteiger partial charge in [-0.2, -0.15) is 5.10 Å². The fourth-order valence-corrected chi connectivity index (χ4v) is 3.70. The van der Waals surface area contributed by atoms with E-state index in [0.29, 0.717) is 23.7 Å². The molecule has 2 atom stereocenters. The quantitative estimate of drug-likeness (QED) is 0.897. The maximum absolute atomic E-state index is 12.8. The van der Waals surface area contributed by atoms with E-state index in [9.17, 15) is 4.79 Å². The van der Waals surface area contributed by atoms with Crippen molar-refractivity contribution in [3.8, 4) is 0 Å². The highest BCUT2D eigenvalue weighted by Gasteiger charge is 2.36. The first kappa shape index (κ1) is 12.8. The topological polar surface area (TPSA) is 62.5 Å². The van der Waals surface area contributed by atoms with Crippen molar-refractivity contribution in [1.82, 2.24) is 24.8 Å². The van der Waals surface area contributed by atoms with Crippen LogP contribution in [0, 0.1) is 0 Å². The molecule has 110 valence electrons. The third kappa shape index (κ3) is 2.10.